The van der Waals surface area contributed by atoms with Crippen molar-refractivity contribution in [3.63, 3.8) is 0 Å². The zero-order valence-electron chi connectivity index (χ0n) is 24.7. The number of nitrogens with zero attached hydrogens (tertiary/aromatic N) is 1. The van der Waals surface area contributed by atoms with E-state index >= 15 is 0 Å². The van der Waals surface area contributed by atoms with Crippen LogP contribution in [-0.2, 0) is 23.9 Å². The monoisotopic (exact) mass is 546 g/mol. The maximum absolute atomic E-state index is 13.9. The Morgan fingerprint density at radius 2 is 1.67 bits per heavy atom. The highest BCUT2D eigenvalue weighted by Gasteiger charge is 2.70. The van der Waals surface area contributed by atoms with Crippen molar-refractivity contribution < 1.29 is 28.7 Å². The highest BCUT2D eigenvalue weighted by atomic mass is 16.6. The highest BCUT2D eigenvalue weighted by Crippen LogP contribution is 2.65. The van der Waals surface area contributed by atoms with Gasteiger partial charge in [0.1, 0.15) is 17.7 Å². The number of carbonyl (C=O) groups excluding carboxylic acids is 5. The van der Waals surface area contributed by atoms with E-state index in [9.17, 15) is 24.0 Å². The zero-order valence-corrected chi connectivity index (χ0v) is 24.7. The molecule has 0 aromatic rings. The molecule has 39 heavy (non-hydrogen) atoms. The number of fused-ring (bicyclic) bond motifs is 1. The van der Waals surface area contributed by atoms with Crippen LogP contribution >= 0.6 is 0 Å². The van der Waals surface area contributed by atoms with E-state index in [1.807, 2.05) is 20.8 Å². The van der Waals surface area contributed by atoms with Gasteiger partial charge in [-0.15, -0.1) is 6.58 Å². The van der Waals surface area contributed by atoms with E-state index in [-0.39, 0.29) is 35.6 Å². The smallest absolute Gasteiger partial charge is 0.408 e. The highest BCUT2D eigenvalue weighted by molar-refractivity contribution is 6.38. The van der Waals surface area contributed by atoms with Crippen molar-refractivity contribution in [2.24, 2.45) is 22.7 Å². The lowest BCUT2D eigenvalue weighted by molar-refractivity contribution is -0.145. The number of hydrogen-bond donors (Lipinski definition) is 3. The third-order valence-electron chi connectivity index (χ3n) is 7.96. The first-order valence-corrected chi connectivity index (χ1v) is 13.9. The van der Waals surface area contributed by atoms with E-state index in [1.54, 1.807) is 26.8 Å². The molecule has 3 N–H and O–H groups in total. The fourth-order valence-corrected chi connectivity index (χ4v) is 5.51. The van der Waals surface area contributed by atoms with Crippen LogP contribution < -0.4 is 16.0 Å². The van der Waals surface area contributed by atoms with Crippen LogP contribution in [0.3, 0.4) is 0 Å². The average Bonchev–Trinajstić information content (AvgIpc) is 3.64. The fourth-order valence-electron chi connectivity index (χ4n) is 5.51. The Bertz CT molecular complexity index is 1020. The molecular formula is C29H46N4O6. The normalized spacial score (nSPS) is 25.0. The van der Waals surface area contributed by atoms with Gasteiger partial charge < -0.3 is 25.6 Å². The summed E-state index contributed by atoms with van der Waals surface area (Å²) in [6.07, 6.45) is 3.27. The Labute approximate surface area is 232 Å². The molecule has 0 radical (unpaired) electrons. The van der Waals surface area contributed by atoms with Crippen LogP contribution in [-0.4, -0.2) is 70.8 Å². The predicted octanol–water partition coefficient (Wildman–Crippen LogP) is 2.71. The standard InChI is InChI=1S/C29H46N4O6/c1-10-11-12-18(21(34)24(36)30-16-13-14-16)31-23(35)20-19-17(29(19,8)9)15-33(20)25(37)22(27(2,3)4)32-26(38)39-28(5,6)7/h10,16-20,22H,1,11-15H2,2-9H3,(H,30,36)(H,31,35)(H,32,38)/t17-,18?,19-,20-,22+/m0/s1. The number of carbonyl (C=O) groups is 5. The quantitative estimate of drug-likeness (QED) is 0.285. The number of ether oxygens (including phenoxy) is 1. The molecule has 0 aromatic heterocycles. The first-order valence-electron chi connectivity index (χ1n) is 13.9. The molecule has 2 saturated carbocycles. The molecule has 5 atom stereocenters. The van der Waals surface area contributed by atoms with Gasteiger partial charge in [0.25, 0.3) is 5.91 Å². The summed E-state index contributed by atoms with van der Waals surface area (Å²) in [6.45, 7) is 18.9. The first kappa shape index (κ1) is 30.6. The van der Waals surface area contributed by atoms with E-state index in [2.05, 4.69) is 36.4 Å². The zero-order chi connectivity index (χ0) is 29.5. The number of likely N-dealkylation sites (tertiary alicyclic amines) is 1. The molecule has 4 amide bonds. The van der Waals surface area contributed by atoms with E-state index in [0.717, 1.165) is 12.8 Å². The largest absolute Gasteiger partial charge is 0.444 e. The van der Waals surface area contributed by atoms with Crippen LogP contribution in [0.1, 0.15) is 81.1 Å². The van der Waals surface area contributed by atoms with Gasteiger partial charge in [-0.3, -0.25) is 19.2 Å². The van der Waals surface area contributed by atoms with Crippen LogP contribution in [0, 0.1) is 22.7 Å². The lowest BCUT2D eigenvalue weighted by Gasteiger charge is -2.38. The number of ketones is 1. The van der Waals surface area contributed by atoms with Crippen LogP contribution in [0.2, 0.25) is 0 Å². The number of rotatable bonds is 10. The Kier molecular flexibility index (Phi) is 8.58. The molecule has 2 aliphatic carbocycles. The summed E-state index contributed by atoms with van der Waals surface area (Å²) < 4.78 is 5.40. The van der Waals surface area contributed by atoms with Gasteiger partial charge >= 0.3 is 6.09 Å². The predicted molar refractivity (Wildman–Crippen MR) is 146 cm³/mol. The summed E-state index contributed by atoms with van der Waals surface area (Å²) in [5.74, 6) is -2.23. The summed E-state index contributed by atoms with van der Waals surface area (Å²) >= 11 is 0. The summed E-state index contributed by atoms with van der Waals surface area (Å²) in [4.78, 5) is 67.3. The number of alkyl carbamates (subject to hydrolysis) is 1. The minimum atomic E-state index is -1.02. The lowest BCUT2D eigenvalue weighted by atomic mass is 9.85. The van der Waals surface area contributed by atoms with E-state index in [4.69, 9.17) is 4.74 Å². The molecule has 1 saturated heterocycles. The van der Waals surface area contributed by atoms with Crippen molar-refractivity contribution >= 4 is 29.6 Å². The second kappa shape index (κ2) is 10.9. The van der Waals surface area contributed by atoms with Gasteiger partial charge in [-0.2, -0.15) is 0 Å². The molecule has 3 rings (SSSR count). The minimum Gasteiger partial charge on any atom is -0.444 e. The summed E-state index contributed by atoms with van der Waals surface area (Å²) in [5, 5.41) is 8.21. The van der Waals surface area contributed by atoms with Gasteiger partial charge in [-0.05, 0) is 69.1 Å². The number of hydrogen-bond acceptors (Lipinski definition) is 6. The van der Waals surface area contributed by atoms with Crippen molar-refractivity contribution in [1.82, 2.24) is 20.9 Å². The van der Waals surface area contributed by atoms with Gasteiger partial charge in [-0.1, -0.05) is 40.7 Å². The van der Waals surface area contributed by atoms with Crippen LogP contribution in [0.25, 0.3) is 0 Å². The van der Waals surface area contributed by atoms with Gasteiger partial charge in [0.2, 0.25) is 17.6 Å². The van der Waals surface area contributed by atoms with E-state index in [1.165, 1.54) is 4.90 Å². The van der Waals surface area contributed by atoms with Gasteiger partial charge in [-0.25, -0.2) is 4.79 Å². The van der Waals surface area contributed by atoms with Crippen LogP contribution in [0.15, 0.2) is 12.7 Å². The van der Waals surface area contributed by atoms with Crippen molar-refractivity contribution in [2.75, 3.05) is 6.54 Å². The Morgan fingerprint density at radius 1 is 1.05 bits per heavy atom. The van der Waals surface area contributed by atoms with Gasteiger partial charge in [0.15, 0.2) is 0 Å². The van der Waals surface area contributed by atoms with Gasteiger partial charge in [0, 0.05) is 12.6 Å². The Morgan fingerprint density at radius 3 is 2.18 bits per heavy atom. The third-order valence-corrected chi connectivity index (χ3v) is 7.96. The summed E-state index contributed by atoms with van der Waals surface area (Å²) in [5.41, 5.74) is -1.56. The summed E-state index contributed by atoms with van der Waals surface area (Å²) in [6, 6.07) is -2.77. The van der Waals surface area contributed by atoms with Gasteiger partial charge in [0.05, 0.1) is 6.04 Å². The third kappa shape index (κ3) is 7.19. The van der Waals surface area contributed by atoms with Crippen molar-refractivity contribution in [3.8, 4) is 0 Å². The molecule has 3 aliphatic rings. The molecule has 0 bridgehead atoms. The topological polar surface area (TPSA) is 134 Å². The molecule has 1 aliphatic heterocycles. The maximum atomic E-state index is 13.9. The minimum absolute atomic E-state index is 0.0139. The maximum Gasteiger partial charge on any atom is 0.408 e. The first-order chi connectivity index (χ1) is 17.9. The number of nitrogens with one attached hydrogen (secondary N) is 3. The fraction of sp³-hybridized carbons (Fsp3) is 0.759. The summed E-state index contributed by atoms with van der Waals surface area (Å²) in [7, 11) is 0. The molecule has 1 heterocycles. The number of amides is 4. The average molecular weight is 547 g/mol. The van der Waals surface area contributed by atoms with Crippen molar-refractivity contribution in [3.05, 3.63) is 12.7 Å². The molecule has 218 valence electrons. The van der Waals surface area contributed by atoms with E-state index < -0.39 is 52.8 Å². The molecule has 0 spiro atoms. The molecule has 10 heteroatoms. The van der Waals surface area contributed by atoms with Crippen LogP contribution in [0.5, 0.6) is 0 Å². The molecular weight excluding hydrogens is 500 g/mol. The Balaban J connectivity index is 1.82. The molecule has 10 nitrogen and oxygen atoms in total. The second-order valence-corrected chi connectivity index (χ2v) is 13.9. The second-order valence-electron chi connectivity index (χ2n) is 13.9. The molecule has 0 aromatic carbocycles. The molecule has 1 unspecified atom stereocenters. The van der Waals surface area contributed by atoms with E-state index in [0.29, 0.717) is 13.0 Å². The Hall–Kier alpha value is -2.91. The van der Waals surface area contributed by atoms with Crippen LogP contribution in [0.4, 0.5) is 4.79 Å². The number of piperidine rings is 1. The SMILES string of the molecule is C=CCCC(NC(=O)[C@@H]1[C@@H]2[C@H](CN1C(=O)[C@@H](NC(=O)OC(C)(C)C)C(C)(C)C)C2(C)C)C(=O)C(=O)NC1CC1. The number of allylic oxidation sites excluding steroid dienone is 1. The number of Topliss-reactive ketones (excluding diaryl/α,β-unsaturated/α-hetero) is 1. The lowest BCUT2D eigenvalue weighted by Crippen LogP contribution is -2.60. The van der Waals surface area contributed by atoms with Crippen molar-refractivity contribution in [2.45, 2.75) is 111 Å². The molecule has 3 fully saturated rings. The van der Waals surface area contributed by atoms with Crippen molar-refractivity contribution in [1.29, 1.82) is 0 Å².